The first-order valence-corrected chi connectivity index (χ1v) is 6.94. The van der Waals surface area contributed by atoms with Crippen molar-refractivity contribution in [2.45, 2.75) is 13.3 Å². The van der Waals surface area contributed by atoms with Crippen LogP contribution in [0.15, 0.2) is 48.8 Å². The molecule has 0 aliphatic carbocycles. The maximum Gasteiger partial charge on any atom is 0.269 e. The average molecular weight is 299 g/mol. The van der Waals surface area contributed by atoms with Crippen LogP contribution in [-0.4, -0.2) is 23.4 Å². The molecule has 6 nitrogen and oxygen atoms in total. The monoisotopic (exact) mass is 299 g/mol. The number of carbonyl (C=O) groups excluding carboxylic acids is 2. The Kier molecular flexibility index (Phi) is 5.48. The summed E-state index contributed by atoms with van der Waals surface area (Å²) in [7, 11) is 0. The zero-order valence-corrected chi connectivity index (χ0v) is 12.2. The van der Waals surface area contributed by atoms with Gasteiger partial charge in [-0.1, -0.05) is 13.0 Å². The maximum absolute atomic E-state index is 12.0. The van der Waals surface area contributed by atoms with E-state index < -0.39 is 11.8 Å². The summed E-state index contributed by atoms with van der Waals surface area (Å²) in [5.74, 6) is -0.201. The van der Waals surface area contributed by atoms with E-state index >= 15 is 0 Å². The molecule has 0 unspecified atom stereocenters. The van der Waals surface area contributed by atoms with Crippen LogP contribution in [0.1, 0.15) is 34.1 Å². The molecule has 114 valence electrons. The first kappa shape index (κ1) is 15.5. The van der Waals surface area contributed by atoms with Gasteiger partial charge in [-0.15, -0.1) is 0 Å². The van der Waals surface area contributed by atoms with Crippen LogP contribution in [0.25, 0.3) is 0 Å². The number of amides is 2. The summed E-state index contributed by atoms with van der Waals surface area (Å²) in [6.45, 7) is 2.59. The van der Waals surface area contributed by atoms with E-state index in [1.165, 1.54) is 12.4 Å². The summed E-state index contributed by atoms with van der Waals surface area (Å²) in [5.41, 5.74) is 5.54. The molecule has 0 bridgehead atoms. The first-order valence-electron chi connectivity index (χ1n) is 6.94. The average Bonchev–Trinajstić information content (AvgIpc) is 2.58. The highest BCUT2D eigenvalue weighted by atomic mass is 16.5. The van der Waals surface area contributed by atoms with Gasteiger partial charge in [0, 0.05) is 23.5 Å². The summed E-state index contributed by atoms with van der Waals surface area (Å²) in [5, 5.41) is 0. The maximum atomic E-state index is 12.0. The lowest BCUT2D eigenvalue weighted by Crippen LogP contribution is -2.41. The van der Waals surface area contributed by atoms with E-state index in [1.54, 1.807) is 36.4 Å². The second kappa shape index (κ2) is 7.78. The third-order valence-corrected chi connectivity index (χ3v) is 2.80. The van der Waals surface area contributed by atoms with Gasteiger partial charge in [0.25, 0.3) is 11.8 Å². The summed E-state index contributed by atoms with van der Waals surface area (Å²) in [4.78, 5) is 27.6. The van der Waals surface area contributed by atoms with Gasteiger partial charge in [-0.2, -0.15) is 0 Å². The fourth-order valence-electron chi connectivity index (χ4n) is 1.71. The van der Waals surface area contributed by atoms with Crippen LogP contribution < -0.4 is 15.6 Å². The third-order valence-electron chi connectivity index (χ3n) is 2.80. The molecule has 0 fully saturated rings. The van der Waals surface area contributed by atoms with Crippen LogP contribution in [0.2, 0.25) is 0 Å². The summed E-state index contributed by atoms with van der Waals surface area (Å²) >= 11 is 0. The molecule has 0 spiro atoms. The number of nitrogens with zero attached hydrogens (tertiary/aromatic N) is 1. The molecule has 0 aliphatic heterocycles. The largest absolute Gasteiger partial charge is 0.494 e. The number of hydrogen-bond acceptors (Lipinski definition) is 4. The van der Waals surface area contributed by atoms with Crippen molar-refractivity contribution in [3.05, 3.63) is 59.9 Å². The van der Waals surface area contributed by atoms with Gasteiger partial charge in [0.05, 0.1) is 6.61 Å². The smallest absolute Gasteiger partial charge is 0.269 e. The molecule has 2 amide bonds. The Balaban J connectivity index is 1.93. The highest BCUT2D eigenvalue weighted by Crippen LogP contribution is 2.13. The van der Waals surface area contributed by atoms with Gasteiger partial charge >= 0.3 is 0 Å². The highest BCUT2D eigenvalue weighted by Gasteiger charge is 2.09. The molecule has 2 rings (SSSR count). The number of benzene rings is 1. The van der Waals surface area contributed by atoms with E-state index in [4.69, 9.17) is 4.74 Å². The number of carbonyl (C=O) groups is 2. The Morgan fingerprint density at radius 2 is 1.73 bits per heavy atom. The molecule has 22 heavy (non-hydrogen) atoms. The molecule has 0 saturated heterocycles. The van der Waals surface area contributed by atoms with Crippen molar-refractivity contribution in [3.8, 4) is 5.75 Å². The SMILES string of the molecule is CCCOc1cccc(C(=O)NNC(=O)c2ccncc2)c1. The molecule has 1 aromatic carbocycles. The zero-order chi connectivity index (χ0) is 15.8. The fraction of sp³-hybridized carbons (Fsp3) is 0.188. The topological polar surface area (TPSA) is 80.3 Å². The van der Waals surface area contributed by atoms with Crippen molar-refractivity contribution in [2.24, 2.45) is 0 Å². The number of pyridine rings is 1. The summed E-state index contributed by atoms with van der Waals surface area (Å²) < 4.78 is 5.47. The van der Waals surface area contributed by atoms with E-state index in [9.17, 15) is 9.59 Å². The van der Waals surface area contributed by atoms with E-state index in [1.807, 2.05) is 6.92 Å². The van der Waals surface area contributed by atoms with Crippen molar-refractivity contribution in [1.29, 1.82) is 0 Å². The summed E-state index contributed by atoms with van der Waals surface area (Å²) in [6, 6.07) is 9.89. The molecule has 0 radical (unpaired) electrons. The second-order valence-electron chi connectivity index (χ2n) is 4.52. The number of nitrogens with one attached hydrogen (secondary N) is 2. The van der Waals surface area contributed by atoms with Gasteiger partial charge < -0.3 is 4.74 Å². The van der Waals surface area contributed by atoms with E-state index in [2.05, 4.69) is 15.8 Å². The van der Waals surface area contributed by atoms with Crippen LogP contribution in [0.3, 0.4) is 0 Å². The predicted molar refractivity (Wildman–Crippen MR) is 81.4 cm³/mol. The Hall–Kier alpha value is -2.89. The molecular formula is C16H17N3O3. The van der Waals surface area contributed by atoms with Crippen molar-refractivity contribution >= 4 is 11.8 Å². The Morgan fingerprint density at radius 1 is 1.05 bits per heavy atom. The first-order chi connectivity index (χ1) is 10.7. The van der Waals surface area contributed by atoms with Crippen molar-refractivity contribution in [3.63, 3.8) is 0 Å². The summed E-state index contributed by atoms with van der Waals surface area (Å²) in [6.07, 6.45) is 3.90. The van der Waals surface area contributed by atoms with Crippen LogP contribution in [-0.2, 0) is 0 Å². The Labute approximate surface area is 128 Å². The van der Waals surface area contributed by atoms with Gasteiger partial charge in [-0.3, -0.25) is 25.4 Å². The molecule has 1 aromatic heterocycles. The number of hydrogen-bond donors (Lipinski definition) is 2. The number of aromatic nitrogens is 1. The molecule has 2 aromatic rings. The van der Waals surface area contributed by atoms with Crippen molar-refractivity contribution < 1.29 is 14.3 Å². The fourth-order valence-corrected chi connectivity index (χ4v) is 1.71. The normalized spacial score (nSPS) is 9.86. The van der Waals surface area contributed by atoms with Crippen molar-refractivity contribution in [2.75, 3.05) is 6.61 Å². The van der Waals surface area contributed by atoms with Gasteiger partial charge in [0.1, 0.15) is 5.75 Å². The number of ether oxygens (including phenoxy) is 1. The lowest BCUT2D eigenvalue weighted by atomic mass is 10.2. The molecule has 1 heterocycles. The van der Waals surface area contributed by atoms with Gasteiger partial charge in [-0.25, -0.2) is 0 Å². The van der Waals surface area contributed by atoms with Crippen LogP contribution >= 0.6 is 0 Å². The van der Waals surface area contributed by atoms with Gasteiger partial charge in [0.2, 0.25) is 0 Å². The molecule has 6 heteroatoms. The van der Waals surface area contributed by atoms with E-state index in [-0.39, 0.29) is 0 Å². The van der Waals surface area contributed by atoms with Crippen LogP contribution in [0.4, 0.5) is 0 Å². The third kappa shape index (κ3) is 4.31. The highest BCUT2D eigenvalue weighted by molar-refractivity contribution is 5.99. The molecule has 2 N–H and O–H groups in total. The van der Waals surface area contributed by atoms with Crippen LogP contribution in [0, 0.1) is 0 Å². The second-order valence-corrected chi connectivity index (χ2v) is 4.52. The minimum Gasteiger partial charge on any atom is -0.494 e. The van der Waals surface area contributed by atoms with Gasteiger partial charge in [0.15, 0.2) is 0 Å². The van der Waals surface area contributed by atoms with Crippen LogP contribution in [0.5, 0.6) is 5.75 Å². The quantitative estimate of drug-likeness (QED) is 0.827. The lowest BCUT2D eigenvalue weighted by Gasteiger charge is -2.09. The standard InChI is InChI=1S/C16H17N3O3/c1-2-10-22-14-5-3-4-13(11-14)16(21)19-18-15(20)12-6-8-17-9-7-12/h3-9,11H,2,10H2,1H3,(H,18,20)(H,19,21). The van der Waals surface area contributed by atoms with Gasteiger partial charge in [-0.05, 0) is 36.8 Å². The molecule has 0 aliphatic rings. The minimum atomic E-state index is -0.413. The number of hydrazine groups is 1. The molecule has 0 saturated carbocycles. The van der Waals surface area contributed by atoms with Crippen molar-refractivity contribution in [1.82, 2.24) is 15.8 Å². The minimum absolute atomic E-state index is 0.406. The Morgan fingerprint density at radius 3 is 2.41 bits per heavy atom. The predicted octanol–water partition coefficient (Wildman–Crippen LogP) is 1.95. The van der Waals surface area contributed by atoms with E-state index in [0.29, 0.717) is 23.5 Å². The number of rotatable bonds is 5. The van der Waals surface area contributed by atoms with E-state index in [0.717, 1.165) is 6.42 Å². The lowest BCUT2D eigenvalue weighted by molar-refractivity contribution is 0.0846. The zero-order valence-electron chi connectivity index (χ0n) is 12.2. The molecular weight excluding hydrogens is 282 g/mol. The Bertz CT molecular complexity index is 644. The molecule has 0 atom stereocenters.